The van der Waals surface area contributed by atoms with E-state index < -0.39 is 0 Å². The van der Waals surface area contributed by atoms with Crippen molar-refractivity contribution < 1.29 is 4.79 Å². The molecule has 1 heterocycles. The Kier molecular flexibility index (Phi) is 7.06. The fraction of sp³-hybridized carbons (Fsp3) is 0.632. The maximum absolute atomic E-state index is 12.2. The van der Waals surface area contributed by atoms with Gasteiger partial charge in [0.15, 0.2) is 0 Å². The van der Waals surface area contributed by atoms with Gasteiger partial charge >= 0.3 is 0 Å². The summed E-state index contributed by atoms with van der Waals surface area (Å²) in [6.45, 7) is 9.40. The van der Waals surface area contributed by atoms with Crippen LogP contribution in [0.25, 0.3) is 0 Å². The minimum atomic E-state index is 0.0239. The van der Waals surface area contributed by atoms with Crippen molar-refractivity contribution in [1.82, 2.24) is 10.2 Å². The second-order valence-electron chi connectivity index (χ2n) is 7.08. The summed E-state index contributed by atoms with van der Waals surface area (Å²) < 4.78 is 0. The van der Waals surface area contributed by atoms with Gasteiger partial charge in [0.1, 0.15) is 0 Å². The molecule has 0 bridgehead atoms. The second-order valence-corrected chi connectivity index (χ2v) is 7.08. The molecule has 128 valence electrons. The molecule has 1 aromatic rings. The summed E-state index contributed by atoms with van der Waals surface area (Å²) in [5.41, 5.74) is 7.35. The van der Waals surface area contributed by atoms with Crippen LogP contribution in [0.3, 0.4) is 0 Å². The van der Waals surface area contributed by atoms with Crippen LogP contribution in [0.1, 0.15) is 49.0 Å². The number of piperidine rings is 1. The van der Waals surface area contributed by atoms with Gasteiger partial charge in [0.25, 0.3) is 5.91 Å². The molecule has 0 unspecified atom stereocenters. The van der Waals surface area contributed by atoms with Crippen LogP contribution in [0.15, 0.2) is 24.3 Å². The number of carbonyl (C=O) groups excluding carboxylic acids is 1. The van der Waals surface area contributed by atoms with Crippen LogP contribution in [-0.2, 0) is 6.54 Å². The van der Waals surface area contributed by atoms with Crippen LogP contribution in [0, 0.1) is 11.8 Å². The average Bonchev–Trinajstić information content (AvgIpc) is 2.58. The Morgan fingerprint density at radius 2 is 1.91 bits per heavy atom. The maximum atomic E-state index is 12.2. The minimum absolute atomic E-state index is 0.0239. The number of nitrogens with two attached hydrogens (primary N) is 1. The van der Waals surface area contributed by atoms with Crippen molar-refractivity contribution >= 4 is 5.91 Å². The van der Waals surface area contributed by atoms with E-state index in [0.717, 1.165) is 23.6 Å². The van der Waals surface area contributed by atoms with Crippen LogP contribution in [0.5, 0.6) is 0 Å². The molecule has 0 spiro atoms. The lowest BCUT2D eigenvalue weighted by Gasteiger charge is -2.32. The maximum Gasteiger partial charge on any atom is 0.251 e. The molecule has 2 rings (SSSR count). The lowest BCUT2D eigenvalue weighted by atomic mass is 9.96. The highest BCUT2D eigenvalue weighted by atomic mass is 16.1. The normalized spacial score (nSPS) is 16.7. The van der Waals surface area contributed by atoms with Crippen molar-refractivity contribution in [2.45, 2.75) is 39.7 Å². The van der Waals surface area contributed by atoms with Gasteiger partial charge in [-0.05, 0) is 68.4 Å². The zero-order valence-corrected chi connectivity index (χ0v) is 14.6. The quantitative estimate of drug-likeness (QED) is 0.813. The number of nitrogens with zero attached hydrogens (tertiary/aromatic N) is 1. The van der Waals surface area contributed by atoms with Gasteiger partial charge in [-0.1, -0.05) is 26.0 Å². The molecule has 4 heteroatoms. The Balaban J connectivity index is 1.69. The lowest BCUT2D eigenvalue weighted by molar-refractivity contribution is 0.0935. The molecular formula is C19H31N3O. The van der Waals surface area contributed by atoms with Crippen LogP contribution in [-0.4, -0.2) is 37.0 Å². The van der Waals surface area contributed by atoms with Gasteiger partial charge in [-0.15, -0.1) is 0 Å². The molecule has 23 heavy (non-hydrogen) atoms. The third-order valence-corrected chi connectivity index (χ3v) is 4.73. The summed E-state index contributed by atoms with van der Waals surface area (Å²) in [6.07, 6.45) is 3.65. The first-order valence-corrected chi connectivity index (χ1v) is 8.88. The van der Waals surface area contributed by atoms with Gasteiger partial charge in [-0.25, -0.2) is 0 Å². The van der Waals surface area contributed by atoms with E-state index in [2.05, 4.69) is 24.1 Å². The minimum Gasteiger partial charge on any atom is -0.352 e. The fourth-order valence-corrected chi connectivity index (χ4v) is 2.99. The largest absolute Gasteiger partial charge is 0.352 e. The van der Waals surface area contributed by atoms with Crippen LogP contribution in [0.2, 0.25) is 0 Å². The zero-order valence-electron chi connectivity index (χ0n) is 14.6. The summed E-state index contributed by atoms with van der Waals surface area (Å²) in [7, 11) is 0. The van der Waals surface area contributed by atoms with Crippen LogP contribution >= 0.6 is 0 Å². The second kappa shape index (κ2) is 9.04. The summed E-state index contributed by atoms with van der Waals surface area (Å²) in [6, 6.07) is 7.54. The van der Waals surface area contributed by atoms with E-state index in [-0.39, 0.29) is 5.91 Å². The van der Waals surface area contributed by atoms with Crippen molar-refractivity contribution in [3.8, 4) is 0 Å². The first-order valence-electron chi connectivity index (χ1n) is 8.88. The molecule has 1 amide bonds. The molecule has 4 nitrogen and oxygen atoms in total. The predicted octanol–water partition coefficient (Wildman–Crippen LogP) is 2.63. The summed E-state index contributed by atoms with van der Waals surface area (Å²) in [4.78, 5) is 14.7. The topological polar surface area (TPSA) is 58.4 Å². The number of hydrogen-bond donors (Lipinski definition) is 2. The van der Waals surface area contributed by atoms with Crippen molar-refractivity contribution in [1.29, 1.82) is 0 Å². The zero-order chi connectivity index (χ0) is 16.7. The average molecular weight is 317 g/mol. The smallest absolute Gasteiger partial charge is 0.251 e. The summed E-state index contributed by atoms with van der Waals surface area (Å²) >= 11 is 0. The van der Waals surface area contributed by atoms with E-state index in [1.807, 2.05) is 24.3 Å². The SMILES string of the molecule is CC(C)CCN1CCC(CNC(=O)c2ccc(CN)cc2)CC1. The first kappa shape index (κ1) is 18.0. The highest BCUT2D eigenvalue weighted by Gasteiger charge is 2.19. The highest BCUT2D eigenvalue weighted by molar-refractivity contribution is 5.94. The Labute approximate surface area is 140 Å². The van der Waals surface area contributed by atoms with Crippen molar-refractivity contribution in [2.24, 2.45) is 17.6 Å². The molecule has 1 fully saturated rings. The number of likely N-dealkylation sites (tertiary alicyclic amines) is 1. The number of carbonyl (C=O) groups is 1. The van der Waals surface area contributed by atoms with Crippen LogP contribution < -0.4 is 11.1 Å². The first-order chi connectivity index (χ1) is 11.1. The number of hydrogen-bond acceptors (Lipinski definition) is 3. The standard InChI is InChI=1S/C19H31N3O/c1-15(2)7-10-22-11-8-17(9-12-22)14-21-19(23)18-5-3-16(13-20)4-6-18/h3-6,15,17H,7-14,20H2,1-2H3,(H,21,23). The van der Waals surface area contributed by atoms with Gasteiger partial charge in [-0.3, -0.25) is 4.79 Å². The molecular weight excluding hydrogens is 286 g/mol. The molecule has 0 saturated carbocycles. The molecule has 0 aliphatic carbocycles. The van der Waals surface area contributed by atoms with Crippen LogP contribution in [0.4, 0.5) is 0 Å². The molecule has 0 radical (unpaired) electrons. The van der Waals surface area contributed by atoms with E-state index in [1.165, 1.54) is 38.9 Å². The Hall–Kier alpha value is -1.39. The van der Waals surface area contributed by atoms with Gasteiger partial charge < -0.3 is 16.0 Å². The summed E-state index contributed by atoms with van der Waals surface area (Å²) in [5.74, 6) is 1.41. The molecule has 1 aliphatic heterocycles. The predicted molar refractivity (Wildman–Crippen MR) is 95.3 cm³/mol. The van der Waals surface area contributed by atoms with Crippen molar-refractivity contribution in [3.05, 3.63) is 35.4 Å². The molecule has 1 aliphatic rings. The number of benzene rings is 1. The molecule has 0 atom stereocenters. The van der Waals surface area contributed by atoms with E-state index in [0.29, 0.717) is 12.5 Å². The molecule has 0 aromatic heterocycles. The highest BCUT2D eigenvalue weighted by Crippen LogP contribution is 2.17. The molecule has 1 aromatic carbocycles. The van der Waals surface area contributed by atoms with Gasteiger partial charge in [0.2, 0.25) is 0 Å². The Bertz CT molecular complexity index is 476. The molecule has 3 N–H and O–H groups in total. The van der Waals surface area contributed by atoms with Gasteiger partial charge in [0.05, 0.1) is 0 Å². The Morgan fingerprint density at radius 1 is 1.26 bits per heavy atom. The third-order valence-electron chi connectivity index (χ3n) is 4.73. The third kappa shape index (κ3) is 5.96. The van der Waals surface area contributed by atoms with E-state index >= 15 is 0 Å². The van der Waals surface area contributed by atoms with E-state index in [4.69, 9.17) is 5.73 Å². The van der Waals surface area contributed by atoms with Gasteiger partial charge in [-0.2, -0.15) is 0 Å². The van der Waals surface area contributed by atoms with Crippen molar-refractivity contribution in [2.75, 3.05) is 26.2 Å². The lowest BCUT2D eigenvalue weighted by Crippen LogP contribution is -2.39. The van der Waals surface area contributed by atoms with E-state index in [9.17, 15) is 4.79 Å². The fourth-order valence-electron chi connectivity index (χ4n) is 2.99. The Morgan fingerprint density at radius 3 is 2.48 bits per heavy atom. The number of amides is 1. The number of rotatable bonds is 7. The van der Waals surface area contributed by atoms with Gasteiger partial charge in [0, 0.05) is 18.7 Å². The monoisotopic (exact) mass is 317 g/mol. The van der Waals surface area contributed by atoms with Crippen molar-refractivity contribution in [3.63, 3.8) is 0 Å². The number of nitrogens with one attached hydrogen (secondary N) is 1. The summed E-state index contributed by atoms with van der Waals surface area (Å²) in [5, 5.41) is 3.08. The van der Waals surface area contributed by atoms with E-state index in [1.54, 1.807) is 0 Å². The molecule has 1 saturated heterocycles.